The third kappa shape index (κ3) is 7.67. The normalized spacial score (nSPS) is 13.0. The van der Waals surface area contributed by atoms with Gasteiger partial charge in [-0.15, -0.1) is 0 Å². The highest BCUT2D eigenvalue weighted by molar-refractivity contribution is 6.70. The lowest BCUT2D eigenvalue weighted by atomic mass is 10.0. The van der Waals surface area contributed by atoms with E-state index in [4.69, 9.17) is 8.85 Å². The van der Waals surface area contributed by atoms with E-state index in [9.17, 15) is 0 Å². The topological polar surface area (TPSA) is 18.5 Å². The van der Waals surface area contributed by atoms with Crippen LogP contribution in [0.15, 0.2) is 30.3 Å². The van der Waals surface area contributed by atoms with Gasteiger partial charge in [-0.2, -0.15) is 0 Å². The second-order valence-corrected chi connectivity index (χ2v) is 16.0. The molecule has 4 heteroatoms. The van der Waals surface area contributed by atoms with Crippen LogP contribution in [-0.4, -0.2) is 29.8 Å². The average Bonchev–Trinajstić information content (AvgIpc) is 2.27. The maximum absolute atomic E-state index is 6.09. The van der Waals surface area contributed by atoms with Crippen molar-refractivity contribution >= 4 is 16.6 Å². The molecule has 0 fully saturated rings. The molecule has 0 unspecified atom stereocenters. The molecule has 0 bridgehead atoms. The van der Waals surface area contributed by atoms with Crippen LogP contribution in [0.2, 0.25) is 39.3 Å². The van der Waals surface area contributed by atoms with Crippen LogP contribution in [0.1, 0.15) is 11.5 Å². The molecule has 0 N–H and O–H groups in total. The Balaban J connectivity index is 2.68. The quantitative estimate of drug-likeness (QED) is 0.691. The van der Waals surface area contributed by atoms with Crippen molar-refractivity contribution in [3.05, 3.63) is 35.9 Å². The van der Waals surface area contributed by atoms with Gasteiger partial charge in [0.1, 0.15) is 0 Å². The molecule has 0 aliphatic carbocycles. The van der Waals surface area contributed by atoms with Crippen LogP contribution in [0.25, 0.3) is 0 Å². The predicted molar refractivity (Wildman–Crippen MR) is 87.8 cm³/mol. The predicted octanol–water partition coefficient (Wildman–Crippen LogP) is 4.47. The summed E-state index contributed by atoms with van der Waals surface area (Å²) in [5.74, 6) is 0.347. The molecule has 0 aromatic heterocycles. The second kappa shape index (κ2) is 6.84. The molecule has 0 radical (unpaired) electrons. The molecule has 1 rings (SSSR count). The summed E-state index contributed by atoms with van der Waals surface area (Å²) >= 11 is 0. The van der Waals surface area contributed by atoms with Gasteiger partial charge >= 0.3 is 0 Å². The standard InChI is InChI=1S/C15H28O2Si2/c1-18(2,3)16-12-15(13-17-19(4,5)6)14-10-8-7-9-11-14/h7-11,15H,12-13H2,1-6H3. The van der Waals surface area contributed by atoms with E-state index in [2.05, 4.69) is 69.6 Å². The van der Waals surface area contributed by atoms with Gasteiger partial charge < -0.3 is 8.85 Å². The molecule has 2 nitrogen and oxygen atoms in total. The number of hydrogen-bond donors (Lipinski definition) is 0. The molecule has 0 amide bonds. The first-order valence-corrected chi connectivity index (χ1v) is 13.8. The Morgan fingerprint density at radius 2 is 1.21 bits per heavy atom. The van der Waals surface area contributed by atoms with E-state index < -0.39 is 16.6 Å². The molecule has 0 aliphatic rings. The fraction of sp³-hybridized carbons (Fsp3) is 0.600. The van der Waals surface area contributed by atoms with E-state index in [1.807, 2.05) is 0 Å². The fourth-order valence-electron chi connectivity index (χ4n) is 1.67. The lowest BCUT2D eigenvalue weighted by Crippen LogP contribution is -2.32. The Morgan fingerprint density at radius 1 is 0.789 bits per heavy atom. The summed E-state index contributed by atoms with van der Waals surface area (Å²) in [5, 5.41) is 0. The van der Waals surface area contributed by atoms with Crippen LogP contribution >= 0.6 is 0 Å². The van der Waals surface area contributed by atoms with Crippen LogP contribution in [0.4, 0.5) is 0 Å². The lowest BCUT2D eigenvalue weighted by molar-refractivity contribution is 0.211. The Kier molecular flexibility index (Phi) is 5.98. The van der Waals surface area contributed by atoms with E-state index >= 15 is 0 Å². The van der Waals surface area contributed by atoms with Crippen LogP contribution in [0.5, 0.6) is 0 Å². The molecule has 108 valence electrons. The van der Waals surface area contributed by atoms with Crippen molar-refractivity contribution in [2.24, 2.45) is 0 Å². The van der Waals surface area contributed by atoms with E-state index in [0.29, 0.717) is 5.92 Å². The van der Waals surface area contributed by atoms with Gasteiger partial charge in [-0.25, -0.2) is 0 Å². The van der Waals surface area contributed by atoms with Crippen molar-refractivity contribution in [3.8, 4) is 0 Å². The van der Waals surface area contributed by atoms with Crippen molar-refractivity contribution in [2.75, 3.05) is 13.2 Å². The minimum atomic E-state index is -1.47. The van der Waals surface area contributed by atoms with Crippen molar-refractivity contribution in [2.45, 2.75) is 45.2 Å². The van der Waals surface area contributed by atoms with E-state index in [1.54, 1.807) is 0 Å². The summed E-state index contributed by atoms with van der Waals surface area (Å²) in [4.78, 5) is 0. The minimum absolute atomic E-state index is 0.347. The third-order valence-corrected chi connectivity index (χ3v) is 4.77. The van der Waals surface area contributed by atoms with E-state index in [0.717, 1.165) is 13.2 Å². The monoisotopic (exact) mass is 296 g/mol. The van der Waals surface area contributed by atoms with Gasteiger partial charge in [0.2, 0.25) is 0 Å². The Morgan fingerprint density at radius 3 is 1.58 bits per heavy atom. The van der Waals surface area contributed by atoms with Crippen molar-refractivity contribution in [1.82, 2.24) is 0 Å². The highest BCUT2D eigenvalue weighted by Crippen LogP contribution is 2.20. The summed E-state index contributed by atoms with van der Waals surface area (Å²) in [7, 11) is -2.94. The average molecular weight is 297 g/mol. The molecule has 19 heavy (non-hydrogen) atoms. The zero-order valence-corrected chi connectivity index (χ0v) is 15.2. The van der Waals surface area contributed by atoms with Gasteiger partial charge in [0.15, 0.2) is 16.6 Å². The van der Waals surface area contributed by atoms with E-state index in [1.165, 1.54) is 5.56 Å². The maximum atomic E-state index is 6.09. The minimum Gasteiger partial charge on any atom is -0.417 e. The smallest absolute Gasteiger partial charge is 0.183 e. The van der Waals surface area contributed by atoms with Gasteiger partial charge in [0.05, 0.1) is 0 Å². The number of hydrogen-bond acceptors (Lipinski definition) is 2. The highest BCUT2D eigenvalue weighted by atomic mass is 28.4. The van der Waals surface area contributed by atoms with Crippen molar-refractivity contribution < 1.29 is 8.85 Å². The van der Waals surface area contributed by atoms with Crippen molar-refractivity contribution in [3.63, 3.8) is 0 Å². The first kappa shape index (κ1) is 16.6. The molecule has 1 aromatic carbocycles. The van der Waals surface area contributed by atoms with Gasteiger partial charge in [0, 0.05) is 19.1 Å². The molecule has 0 saturated heterocycles. The molecular weight excluding hydrogens is 268 g/mol. The van der Waals surface area contributed by atoms with Crippen LogP contribution in [-0.2, 0) is 8.85 Å². The first-order valence-electron chi connectivity index (χ1n) is 7.00. The van der Waals surface area contributed by atoms with Gasteiger partial charge in [-0.1, -0.05) is 30.3 Å². The summed E-state index contributed by atoms with van der Waals surface area (Å²) in [6.07, 6.45) is 0. The Labute approximate surface area is 120 Å². The Hall–Kier alpha value is -0.426. The molecule has 0 atom stereocenters. The first-order chi connectivity index (χ1) is 8.67. The molecular formula is C15H28O2Si2. The van der Waals surface area contributed by atoms with Crippen LogP contribution in [0.3, 0.4) is 0 Å². The molecule has 0 aliphatic heterocycles. The molecule has 1 aromatic rings. The molecule has 0 heterocycles. The number of rotatable bonds is 7. The zero-order valence-electron chi connectivity index (χ0n) is 13.2. The Bertz CT molecular complexity index is 348. The van der Waals surface area contributed by atoms with Crippen LogP contribution < -0.4 is 0 Å². The van der Waals surface area contributed by atoms with Crippen LogP contribution in [0, 0.1) is 0 Å². The molecule has 0 saturated carbocycles. The number of benzene rings is 1. The summed E-state index contributed by atoms with van der Waals surface area (Å²) in [6, 6.07) is 10.6. The maximum Gasteiger partial charge on any atom is 0.183 e. The summed E-state index contributed by atoms with van der Waals surface area (Å²) in [6.45, 7) is 14.9. The highest BCUT2D eigenvalue weighted by Gasteiger charge is 2.22. The SMILES string of the molecule is C[Si](C)(C)OCC(CO[Si](C)(C)C)c1ccccc1. The van der Waals surface area contributed by atoms with Crippen molar-refractivity contribution in [1.29, 1.82) is 0 Å². The van der Waals surface area contributed by atoms with Gasteiger partial charge in [-0.3, -0.25) is 0 Å². The van der Waals surface area contributed by atoms with Gasteiger partial charge in [0.25, 0.3) is 0 Å². The fourth-order valence-corrected chi connectivity index (χ4v) is 3.07. The van der Waals surface area contributed by atoms with Gasteiger partial charge in [-0.05, 0) is 44.8 Å². The zero-order chi connectivity index (χ0) is 14.5. The summed E-state index contributed by atoms with van der Waals surface area (Å²) < 4.78 is 12.2. The third-order valence-electron chi connectivity index (χ3n) is 2.71. The largest absolute Gasteiger partial charge is 0.417 e. The lowest BCUT2D eigenvalue weighted by Gasteiger charge is -2.26. The van der Waals surface area contributed by atoms with E-state index in [-0.39, 0.29) is 0 Å². The molecule has 0 spiro atoms. The summed E-state index contributed by atoms with van der Waals surface area (Å²) in [5.41, 5.74) is 1.32. The second-order valence-electron chi connectivity index (χ2n) is 6.95.